The summed E-state index contributed by atoms with van der Waals surface area (Å²) in [6.45, 7) is 1.89. The van der Waals surface area contributed by atoms with Gasteiger partial charge in [-0.05, 0) is 31.2 Å². The zero-order chi connectivity index (χ0) is 12.7. The van der Waals surface area contributed by atoms with Gasteiger partial charge in [-0.2, -0.15) is 0 Å². The number of halogens is 1. The molecule has 0 saturated heterocycles. The van der Waals surface area contributed by atoms with E-state index in [1.165, 1.54) is 11.3 Å². The maximum atomic E-state index is 12.1. The maximum Gasteiger partial charge on any atom is 0.258 e. The molecule has 0 bridgehead atoms. The molecule has 0 radical (unpaired) electrons. The second kappa shape index (κ2) is 4.23. The third kappa shape index (κ3) is 1.83. The van der Waals surface area contributed by atoms with Gasteiger partial charge in [0, 0.05) is 11.8 Å². The number of nitrogens with zero attached hydrogens (tertiary/aromatic N) is 2. The number of pyridine rings is 1. The molecular weight excluding hydrogens is 268 g/mol. The molecule has 3 rings (SSSR count). The quantitative estimate of drug-likeness (QED) is 0.683. The Bertz CT molecular complexity index is 791. The highest BCUT2D eigenvalue weighted by Crippen LogP contribution is 2.29. The molecule has 0 aliphatic carbocycles. The Balaban J connectivity index is 2.31. The summed E-state index contributed by atoms with van der Waals surface area (Å²) in [5, 5.41) is 0. The van der Waals surface area contributed by atoms with E-state index < -0.39 is 0 Å². The van der Waals surface area contributed by atoms with Crippen LogP contribution < -0.4 is 5.56 Å². The first-order valence-electron chi connectivity index (χ1n) is 5.40. The molecule has 0 atom stereocenters. The predicted octanol–water partition coefficient (Wildman–Crippen LogP) is 3.38. The number of aryl methyl sites for hydroxylation is 1. The van der Waals surface area contributed by atoms with Crippen molar-refractivity contribution in [1.29, 1.82) is 0 Å². The van der Waals surface area contributed by atoms with E-state index >= 15 is 0 Å². The summed E-state index contributed by atoms with van der Waals surface area (Å²) in [7, 11) is 0. The Morgan fingerprint density at radius 1 is 1.28 bits per heavy atom. The summed E-state index contributed by atoms with van der Waals surface area (Å²) in [6, 6.07) is 10.8. The number of rotatable bonds is 1. The number of fused-ring (bicyclic) bond motifs is 1. The molecule has 0 aromatic carbocycles. The lowest BCUT2D eigenvalue weighted by atomic mass is 10.3. The lowest BCUT2D eigenvalue weighted by Gasteiger charge is -2.05. The Morgan fingerprint density at radius 2 is 2.11 bits per heavy atom. The normalized spacial score (nSPS) is 11.0. The van der Waals surface area contributed by atoms with Gasteiger partial charge in [0.2, 0.25) is 0 Å². The van der Waals surface area contributed by atoms with Crippen LogP contribution in [0.1, 0.15) is 5.69 Å². The van der Waals surface area contributed by atoms with Crippen molar-refractivity contribution in [1.82, 2.24) is 9.38 Å². The summed E-state index contributed by atoms with van der Waals surface area (Å²) in [5.74, 6) is 0. The molecule has 0 fully saturated rings. The fourth-order valence-electron chi connectivity index (χ4n) is 1.89. The Kier molecular flexibility index (Phi) is 2.69. The van der Waals surface area contributed by atoms with Crippen molar-refractivity contribution < 1.29 is 0 Å². The third-order valence-electron chi connectivity index (χ3n) is 2.71. The zero-order valence-electron chi connectivity index (χ0n) is 9.55. The van der Waals surface area contributed by atoms with Crippen LogP contribution in [0.4, 0.5) is 0 Å². The number of hydrogen-bond donors (Lipinski definition) is 0. The Hall–Kier alpha value is -1.65. The van der Waals surface area contributed by atoms with Crippen molar-refractivity contribution in [3.05, 3.63) is 56.8 Å². The first kappa shape index (κ1) is 11.4. The summed E-state index contributed by atoms with van der Waals surface area (Å²) in [6.07, 6.45) is 0. The molecule has 3 nitrogen and oxygen atoms in total. The van der Waals surface area contributed by atoms with Gasteiger partial charge >= 0.3 is 0 Å². The van der Waals surface area contributed by atoms with Gasteiger partial charge in [0.25, 0.3) is 5.56 Å². The Labute approximate surface area is 112 Å². The highest BCUT2D eigenvalue weighted by atomic mass is 35.5. The minimum Gasteiger partial charge on any atom is -0.269 e. The fraction of sp³-hybridized carbons (Fsp3) is 0.0769. The Morgan fingerprint density at radius 3 is 2.83 bits per heavy atom. The van der Waals surface area contributed by atoms with Gasteiger partial charge in [0.1, 0.15) is 5.65 Å². The molecule has 18 heavy (non-hydrogen) atoms. The van der Waals surface area contributed by atoms with E-state index in [-0.39, 0.29) is 5.56 Å². The zero-order valence-corrected chi connectivity index (χ0v) is 11.1. The van der Waals surface area contributed by atoms with Gasteiger partial charge in [0.15, 0.2) is 0 Å². The molecule has 5 heteroatoms. The van der Waals surface area contributed by atoms with Crippen LogP contribution in [0.25, 0.3) is 16.2 Å². The summed E-state index contributed by atoms with van der Waals surface area (Å²) < 4.78 is 2.29. The van der Waals surface area contributed by atoms with Crippen LogP contribution in [0.5, 0.6) is 0 Å². The van der Waals surface area contributed by atoms with Crippen LogP contribution in [-0.2, 0) is 0 Å². The van der Waals surface area contributed by atoms with Crippen molar-refractivity contribution >= 4 is 28.6 Å². The highest BCUT2D eigenvalue weighted by Gasteiger charge is 2.07. The van der Waals surface area contributed by atoms with Gasteiger partial charge in [0.05, 0.1) is 14.9 Å². The van der Waals surface area contributed by atoms with E-state index in [0.29, 0.717) is 15.7 Å². The fourth-order valence-corrected chi connectivity index (χ4v) is 2.90. The van der Waals surface area contributed by atoms with Gasteiger partial charge in [-0.25, -0.2) is 4.98 Å². The molecule has 0 amide bonds. The molecule has 0 spiro atoms. The van der Waals surface area contributed by atoms with Crippen molar-refractivity contribution in [2.75, 3.05) is 0 Å². The molecule has 3 heterocycles. The first-order chi connectivity index (χ1) is 8.65. The standard InChI is InChI=1S/C13H9ClN2OS/c1-8-3-2-4-12-15-9(7-13(17)16(8)12)10-5-6-11(14)18-10/h2-7H,1H3. The highest BCUT2D eigenvalue weighted by molar-refractivity contribution is 7.19. The average Bonchev–Trinajstić information content (AvgIpc) is 2.75. The first-order valence-corrected chi connectivity index (χ1v) is 6.60. The smallest absolute Gasteiger partial charge is 0.258 e. The number of thiophene rings is 1. The monoisotopic (exact) mass is 276 g/mol. The molecule has 0 aliphatic heterocycles. The van der Waals surface area contributed by atoms with Crippen molar-refractivity contribution in [3.63, 3.8) is 0 Å². The molecule has 90 valence electrons. The SMILES string of the molecule is Cc1cccc2nc(-c3ccc(Cl)s3)cc(=O)n12. The van der Waals surface area contributed by atoms with Crippen LogP contribution >= 0.6 is 22.9 Å². The predicted molar refractivity (Wildman–Crippen MR) is 74.5 cm³/mol. The topological polar surface area (TPSA) is 34.4 Å². The van der Waals surface area contributed by atoms with Crippen LogP contribution in [0, 0.1) is 6.92 Å². The lowest BCUT2D eigenvalue weighted by Crippen LogP contribution is -2.16. The summed E-state index contributed by atoms with van der Waals surface area (Å²) in [4.78, 5) is 17.5. The van der Waals surface area contributed by atoms with E-state index in [4.69, 9.17) is 11.6 Å². The van der Waals surface area contributed by atoms with Gasteiger partial charge < -0.3 is 0 Å². The summed E-state index contributed by atoms with van der Waals surface area (Å²) in [5.41, 5.74) is 2.13. The maximum absolute atomic E-state index is 12.1. The van der Waals surface area contributed by atoms with E-state index in [1.54, 1.807) is 16.5 Å². The van der Waals surface area contributed by atoms with Crippen molar-refractivity contribution in [3.8, 4) is 10.6 Å². The largest absolute Gasteiger partial charge is 0.269 e. The number of aromatic nitrogens is 2. The third-order valence-corrected chi connectivity index (χ3v) is 3.96. The van der Waals surface area contributed by atoms with Crippen LogP contribution in [0.2, 0.25) is 4.34 Å². The second-order valence-corrected chi connectivity index (χ2v) is 5.66. The lowest BCUT2D eigenvalue weighted by molar-refractivity contribution is 0.994. The van der Waals surface area contributed by atoms with Gasteiger partial charge in [-0.1, -0.05) is 17.7 Å². The van der Waals surface area contributed by atoms with Gasteiger partial charge in [-0.15, -0.1) is 11.3 Å². The summed E-state index contributed by atoms with van der Waals surface area (Å²) >= 11 is 7.32. The molecular formula is C13H9ClN2OS. The molecule has 3 aromatic rings. The van der Waals surface area contributed by atoms with Gasteiger partial charge in [-0.3, -0.25) is 9.20 Å². The molecule has 3 aromatic heterocycles. The van der Waals surface area contributed by atoms with Crippen molar-refractivity contribution in [2.24, 2.45) is 0 Å². The van der Waals surface area contributed by atoms with E-state index in [9.17, 15) is 4.79 Å². The molecule has 0 saturated carbocycles. The van der Waals surface area contributed by atoms with E-state index in [0.717, 1.165) is 10.6 Å². The van der Waals surface area contributed by atoms with E-state index in [1.807, 2.05) is 31.2 Å². The van der Waals surface area contributed by atoms with E-state index in [2.05, 4.69) is 4.98 Å². The average molecular weight is 277 g/mol. The minimum atomic E-state index is -0.0716. The van der Waals surface area contributed by atoms with Crippen LogP contribution in [-0.4, -0.2) is 9.38 Å². The molecule has 0 aliphatic rings. The van der Waals surface area contributed by atoms with Crippen LogP contribution in [0.3, 0.4) is 0 Å². The minimum absolute atomic E-state index is 0.0716. The second-order valence-electron chi connectivity index (χ2n) is 3.94. The molecule has 0 N–H and O–H groups in total. The number of hydrogen-bond acceptors (Lipinski definition) is 3. The van der Waals surface area contributed by atoms with Crippen molar-refractivity contribution in [2.45, 2.75) is 6.92 Å². The van der Waals surface area contributed by atoms with Crippen LogP contribution in [0.15, 0.2) is 41.2 Å². The molecule has 0 unspecified atom stereocenters.